The molecular formula is C16H17N5O. The molecule has 22 heavy (non-hydrogen) atoms. The number of carbonyl (C=O) groups excluding carboxylic acids is 1. The molecule has 0 aliphatic carbocycles. The molecule has 6 nitrogen and oxygen atoms in total. The molecule has 1 aromatic carbocycles. The lowest BCUT2D eigenvalue weighted by molar-refractivity contribution is 0.102. The Bertz CT molecular complexity index is 734. The lowest BCUT2D eigenvalue weighted by Gasteiger charge is -2.11. The fourth-order valence-corrected chi connectivity index (χ4v) is 1.93. The van der Waals surface area contributed by atoms with Crippen molar-refractivity contribution in [3.63, 3.8) is 0 Å². The zero-order chi connectivity index (χ0) is 16.1. The fourth-order valence-electron chi connectivity index (χ4n) is 1.93. The fraction of sp³-hybridized carbons (Fsp3) is 0.250. The third-order valence-electron chi connectivity index (χ3n) is 2.80. The van der Waals surface area contributed by atoms with E-state index in [0.29, 0.717) is 22.9 Å². The molecule has 0 aliphatic rings. The number of carbonyl (C=O) groups is 1. The summed E-state index contributed by atoms with van der Waals surface area (Å²) in [7, 11) is 0. The molecule has 2 aromatic rings. The summed E-state index contributed by atoms with van der Waals surface area (Å²) in [6.07, 6.45) is 0. The number of hydrogen-bond acceptors (Lipinski definition) is 5. The molecule has 0 unspecified atom stereocenters. The third-order valence-corrected chi connectivity index (χ3v) is 2.80. The van der Waals surface area contributed by atoms with Crippen LogP contribution in [0.25, 0.3) is 0 Å². The van der Waals surface area contributed by atoms with Gasteiger partial charge < -0.3 is 10.6 Å². The Balaban J connectivity index is 2.26. The maximum absolute atomic E-state index is 12.3. The van der Waals surface area contributed by atoms with Gasteiger partial charge in [-0.15, -0.1) is 0 Å². The molecule has 0 saturated heterocycles. The van der Waals surface area contributed by atoms with Crippen LogP contribution < -0.4 is 10.6 Å². The van der Waals surface area contributed by atoms with Crippen molar-refractivity contribution in [2.24, 2.45) is 0 Å². The topological polar surface area (TPSA) is 90.7 Å². The first-order valence-corrected chi connectivity index (χ1v) is 6.92. The highest BCUT2D eigenvalue weighted by Crippen LogP contribution is 2.15. The number of para-hydroxylation sites is 1. The summed E-state index contributed by atoms with van der Waals surface area (Å²) in [6.45, 7) is 5.70. The van der Waals surface area contributed by atoms with E-state index >= 15 is 0 Å². The summed E-state index contributed by atoms with van der Waals surface area (Å²) in [4.78, 5) is 20.7. The molecule has 0 fully saturated rings. The summed E-state index contributed by atoms with van der Waals surface area (Å²) in [5.41, 5.74) is 1.12. The van der Waals surface area contributed by atoms with Crippen LogP contribution in [0.2, 0.25) is 0 Å². The monoisotopic (exact) mass is 295 g/mol. The van der Waals surface area contributed by atoms with Gasteiger partial charge in [-0.3, -0.25) is 4.79 Å². The Kier molecular flexibility index (Phi) is 4.69. The van der Waals surface area contributed by atoms with E-state index in [1.165, 1.54) is 0 Å². The van der Waals surface area contributed by atoms with E-state index in [9.17, 15) is 4.79 Å². The standard InChI is InChI=1S/C16H17N5O/c1-10(2)18-15-8-14(19-11(3)20-15)16(22)21-13-7-5-4-6-12(13)9-17/h4-8,10H,1-3H3,(H,21,22)(H,18,19,20). The molecule has 1 heterocycles. The number of aryl methyl sites for hydroxylation is 1. The smallest absolute Gasteiger partial charge is 0.274 e. The van der Waals surface area contributed by atoms with Crippen molar-refractivity contribution in [3.8, 4) is 6.07 Å². The predicted octanol–water partition coefficient (Wildman–Crippen LogP) is 2.73. The molecule has 0 spiro atoms. The average molecular weight is 295 g/mol. The van der Waals surface area contributed by atoms with Gasteiger partial charge in [-0.05, 0) is 32.9 Å². The zero-order valence-corrected chi connectivity index (χ0v) is 12.7. The van der Waals surface area contributed by atoms with Crippen molar-refractivity contribution in [2.45, 2.75) is 26.8 Å². The van der Waals surface area contributed by atoms with Gasteiger partial charge in [0.2, 0.25) is 0 Å². The molecular weight excluding hydrogens is 278 g/mol. The highest BCUT2D eigenvalue weighted by Gasteiger charge is 2.13. The van der Waals surface area contributed by atoms with Gasteiger partial charge in [0.25, 0.3) is 5.91 Å². The van der Waals surface area contributed by atoms with Crippen molar-refractivity contribution < 1.29 is 4.79 Å². The van der Waals surface area contributed by atoms with Gasteiger partial charge >= 0.3 is 0 Å². The first-order valence-electron chi connectivity index (χ1n) is 6.92. The predicted molar refractivity (Wildman–Crippen MR) is 84.6 cm³/mol. The maximum Gasteiger partial charge on any atom is 0.274 e. The number of nitrogens with one attached hydrogen (secondary N) is 2. The quantitative estimate of drug-likeness (QED) is 0.905. The van der Waals surface area contributed by atoms with E-state index in [2.05, 4.69) is 20.6 Å². The van der Waals surface area contributed by atoms with Crippen molar-refractivity contribution in [2.75, 3.05) is 10.6 Å². The van der Waals surface area contributed by atoms with Crippen LogP contribution in [0.5, 0.6) is 0 Å². The number of aromatic nitrogens is 2. The van der Waals surface area contributed by atoms with Gasteiger partial charge in [-0.1, -0.05) is 12.1 Å². The highest BCUT2D eigenvalue weighted by molar-refractivity contribution is 6.03. The van der Waals surface area contributed by atoms with Crippen LogP contribution in [0.15, 0.2) is 30.3 Å². The largest absolute Gasteiger partial charge is 0.368 e. The van der Waals surface area contributed by atoms with Crippen molar-refractivity contribution in [1.29, 1.82) is 5.26 Å². The van der Waals surface area contributed by atoms with Crippen LogP contribution in [0.1, 0.15) is 35.7 Å². The van der Waals surface area contributed by atoms with E-state index in [1.807, 2.05) is 19.9 Å². The van der Waals surface area contributed by atoms with Crippen LogP contribution in [0, 0.1) is 18.3 Å². The van der Waals surface area contributed by atoms with Gasteiger partial charge in [0.05, 0.1) is 11.3 Å². The van der Waals surface area contributed by atoms with E-state index in [0.717, 1.165) is 0 Å². The van der Waals surface area contributed by atoms with Gasteiger partial charge in [0.1, 0.15) is 23.4 Å². The van der Waals surface area contributed by atoms with Gasteiger partial charge in [0, 0.05) is 12.1 Å². The Morgan fingerprint density at radius 2 is 2.00 bits per heavy atom. The summed E-state index contributed by atoms with van der Waals surface area (Å²) < 4.78 is 0. The Labute approximate surface area is 129 Å². The second-order valence-corrected chi connectivity index (χ2v) is 5.10. The Morgan fingerprint density at radius 3 is 2.68 bits per heavy atom. The molecule has 1 amide bonds. The molecule has 6 heteroatoms. The first kappa shape index (κ1) is 15.4. The van der Waals surface area contributed by atoms with Gasteiger partial charge in [-0.25, -0.2) is 9.97 Å². The molecule has 0 radical (unpaired) electrons. The minimum Gasteiger partial charge on any atom is -0.368 e. The SMILES string of the molecule is Cc1nc(NC(C)C)cc(C(=O)Nc2ccccc2C#N)n1. The average Bonchev–Trinajstić information content (AvgIpc) is 2.46. The first-order chi connectivity index (χ1) is 10.5. The molecule has 0 atom stereocenters. The summed E-state index contributed by atoms with van der Waals surface area (Å²) >= 11 is 0. The second kappa shape index (κ2) is 6.68. The molecule has 1 aromatic heterocycles. The second-order valence-electron chi connectivity index (χ2n) is 5.10. The van der Waals surface area contributed by atoms with Crippen molar-refractivity contribution in [3.05, 3.63) is 47.4 Å². The molecule has 112 valence electrons. The number of anilines is 2. The number of nitriles is 1. The number of nitrogens with zero attached hydrogens (tertiary/aromatic N) is 3. The molecule has 0 saturated carbocycles. The Morgan fingerprint density at radius 1 is 1.27 bits per heavy atom. The number of hydrogen-bond donors (Lipinski definition) is 2. The minimum absolute atomic E-state index is 0.199. The van der Waals surface area contributed by atoms with Gasteiger partial charge in [-0.2, -0.15) is 5.26 Å². The molecule has 0 aliphatic heterocycles. The number of rotatable bonds is 4. The van der Waals surface area contributed by atoms with Crippen molar-refractivity contribution in [1.82, 2.24) is 9.97 Å². The van der Waals surface area contributed by atoms with Crippen LogP contribution in [0.3, 0.4) is 0 Å². The Hall–Kier alpha value is -2.94. The summed E-state index contributed by atoms with van der Waals surface area (Å²) in [6, 6.07) is 10.7. The van der Waals surface area contributed by atoms with E-state index < -0.39 is 0 Å². The lowest BCUT2D eigenvalue weighted by Crippen LogP contribution is -2.18. The lowest BCUT2D eigenvalue weighted by atomic mass is 10.2. The third kappa shape index (κ3) is 3.79. The minimum atomic E-state index is -0.375. The van der Waals surface area contributed by atoms with Crippen LogP contribution in [-0.4, -0.2) is 21.9 Å². The number of benzene rings is 1. The molecule has 0 bridgehead atoms. The molecule has 2 rings (SSSR count). The number of amides is 1. The molecule has 2 N–H and O–H groups in total. The van der Waals surface area contributed by atoms with E-state index in [1.54, 1.807) is 37.3 Å². The summed E-state index contributed by atoms with van der Waals surface area (Å²) in [5, 5.41) is 14.9. The van der Waals surface area contributed by atoms with Crippen LogP contribution in [-0.2, 0) is 0 Å². The normalized spacial score (nSPS) is 10.1. The van der Waals surface area contributed by atoms with E-state index in [-0.39, 0.29) is 17.6 Å². The van der Waals surface area contributed by atoms with Gasteiger partial charge in [0.15, 0.2) is 0 Å². The van der Waals surface area contributed by atoms with Crippen LogP contribution in [0.4, 0.5) is 11.5 Å². The zero-order valence-electron chi connectivity index (χ0n) is 12.7. The highest BCUT2D eigenvalue weighted by atomic mass is 16.1. The maximum atomic E-state index is 12.3. The van der Waals surface area contributed by atoms with Crippen molar-refractivity contribution >= 4 is 17.4 Å². The summed E-state index contributed by atoms with van der Waals surface area (Å²) in [5.74, 6) is 0.727. The van der Waals surface area contributed by atoms with E-state index in [4.69, 9.17) is 5.26 Å². The van der Waals surface area contributed by atoms with Crippen LogP contribution >= 0.6 is 0 Å².